The number of halogens is 6. The third-order valence-electron chi connectivity index (χ3n) is 6.83. The Kier molecular flexibility index (Phi) is 10.8. The lowest BCUT2D eigenvalue weighted by Crippen LogP contribution is -2.54. The fraction of sp³-hybridized carbons (Fsp3) is 0.500. The first-order valence-electron chi connectivity index (χ1n) is 12.4. The van der Waals surface area contributed by atoms with E-state index in [0.29, 0.717) is 13.5 Å². The highest BCUT2D eigenvalue weighted by Gasteiger charge is 2.65. The van der Waals surface area contributed by atoms with Gasteiger partial charge in [0.1, 0.15) is 6.10 Å². The van der Waals surface area contributed by atoms with Crippen molar-refractivity contribution in [3.05, 3.63) is 71.8 Å². The second-order valence-corrected chi connectivity index (χ2v) is 9.33. The molecule has 40 heavy (non-hydrogen) atoms. The number of esters is 2. The average Bonchev–Trinajstić information content (AvgIpc) is 2.91. The molecular formula is C28H32F6O6. The van der Waals surface area contributed by atoms with E-state index in [1.54, 1.807) is 13.8 Å². The summed E-state index contributed by atoms with van der Waals surface area (Å²) in [7, 11) is 1.43. The van der Waals surface area contributed by atoms with E-state index in [1.165, 1.54) is 43.3 Å². The molecule has 0 fully saturated rings. The Hall–Kier alpha value is -3.12. The number of rotatable bonds is 12. The summed E-state index contributed by atoms with van der Waals surface area (Å²) in [5.41, 5.74) is -7.96. The Labute approximate surface area is 228 Å². The third kappa shape index (κ3) is 6.27. The number of carbonyl (C=O) groups is 2. The van der Waals surface area contributed by atoms with Gasteiger partial charge in [-0.15, -0.1) is 0 Å². The number of hydrogen-bond donors (Lipinski definition) is 0. The Bertz CT molecular complexity index is 1110. The van der Waals surface area contributed by atoms with E-state index in [2.05, 4.69) is 0 Å². The van der Waals surface area contributed by atoms with Crippen LogP contribution in [-0.2, 0) is 39.7 Å². The monoisotopic (exact) mass is 578 g/mol. The van der Waals surface area contributed by atoms with Crippen molar-refractivity contribution in [2.45, 2.75) is 56.9 Å². The molecule has 0 unspecified atom stereocenters. The molecule has 0 aliphatic rings. The molecule has 0 N–H and O–H groups in total. The number of alkyl halides is 6. The highest BCUT2D eigenvalue weighted by Crippen LogP contribution is 2.45. The Morgan fingerprint density at radius 2 is 1.10 bits per heavy atom. The minimum Gasteiger partial charge on any atom is -0.463 e. The molecule has 2 rings (SSSR count). The second-order valence-electron chi connectivity index (χ2n) is 9.33. The Morgan fingerprint density at radius 1 is 0.700 bits per heavy atom. The second kappa shape index (κ2) is 13.0. The van der Waals surface area contributed by atoms with Gasteiger partial charge in [-0.2, -0.15) is 26.3 Å². The topological polar surface area (TPSA) is 71.1 Å². The summed E-state index contributed by atoms with van der Waals surface area (Å²) in [6.45, 7) is 3.93. The fourth-order valence-electron chi connectivity index (χ4n) is 4.41. The van der Waals surface area contributed by atoms with Crippen molar-refractivity contribution in [2.75, 3.05) is 20.8 Å². The average molecular weight is 579 g/mol. The first kappa shape index (κ1) is 33.1. The number of benzene rings is 2. The van der Waals surface area contributed by atoms with Crippen LogP contribution in [0.25, 0.3) is 0 Å². The molecule has 12 heteroatoms. The molecule has 0 spiro atoms. The predicted octanol–water partition coefficient (Wildman–Crippen LogP) is 6.33. The van der Waals surface area contributed by atoms with Crippen LogP contribution in [-0.4, -0.2) is 51.2 Å². The summed E-state index contributed by atoms with van der Waals surface area (Å²) >= 11 is 0. The van der Waals surface area contributed by atoms with Crippen LogP contribution in [0.5, 0.6) is 0 Å². The summed E-state index contributed by atoms with van der Waals surface area (Å²) < 4.78 is 105. The van der Waals surface area contributed by atoms with Crippen LogP contribution < -0.4 is 0 Å². The maximum absolute atomic E-state index is 14.3. The van der Waals surface area contributed by atoms with Crippen LogP contribution in [0, 0.1) is 11.8 Å². The number of methoxy groups -OCH3 is 2. The van der Waals surface area contributed by atoms with Crippen molar-refractivity contribution in [3.63, 3.8) is 0 Å². The lowest BCUT2D eigenvalue weighted by molar-refractivity contribution is -0.280. The van der Waals surface area contributed by atoms with Crippen molar-refractivity contribution in [3.8, 4) is 0 Å². The molecule has 0 saturated heterocycles. The number of carbonyl (C=O) groups excluding carboxylic acids is 2. The number of ether oxygens (including phenoxy) is 4. The van der Waals surface area contributed by atoms with Gasteiger partial charge in [-0.25, -0.2) is 9.59 Å². The van der Waals surface area contributed by atoms with Crippen LogP contribution in [0.4, 0.5) is 26.3 Å². The zero-order valence-electron chi connectivity index (χ0n) is 22.6. The van der Waals surface area contributed by atoms with Crippen molar-refractivity contribution < 1.29 is 54.9 Å². The zero-order valence-corrected chi connectivity index (χ0v) is 22.6. The van der Waals surface area contributed by atoms with E-state index in [1.807, 2.05) is 0 Å². The molecule has 0 saturated carbocycles. The van der Waals surface area contributed by atoms with Gasteiger partial charge in [-0.3, -0.25) is 0 Å². The van der Waals surface area contributed by atoms with Crippen LogP contribution in [0.1, 0.15) is 38.3 Å². The van der Waals surface area contributed by atoms with Crippen molar-refractivity contribution in [1.82, 2.24) is 0 Å². The van der Waals surface area contributed by atoms with E-state index in [4.69, 9.17) is 18.9 Å². The highest BCUT2D eigenvalue weighted by atomic mass is 19.4. The van der Waals surface area contributed by atoms with Crippen LogP contribution in [0.2, 0.25) is 0 Å². The molecule has 0 amide bonds. The first-order chi connectivity index (χ1) is 18.6. The maximum Gasteiger partial charge on any atom is 0.432 e. The number of hydrogen-bond acceptors (Lipinski definition) is 6. The molecule has 222 valence electrons. The molecule has 0 aliphatic carbocycles. The van der Waals surface area contributed by atoms with Gasteiger partial charge in [-0.1, -0.05) is 87.9 Å². The van der Waals surface area contributed by atoms with Gasteiger partial charge in [0.25, 0.3) is 11.2 Å². The van der Waals surface area contributed by atoms with Gasteiger partial charge >= 0.3 is 24.3 Å². The van der Waals surface area contributed by atoms with Crippen LogP contribution in [0.3, 0.4) is 0 Å². The molecular weight excluding hydrogens is 546 g/mol. The van der Waals surface area contributed by atoms with Crippen LogP contribution in [0.15, 0.2) is 60.7 Å². The molecule has 0 heterocycles. The fourth-order valence-corrected chi connectivity index (χ4v) is 4.41. The summed E-state index contributed by atoms with van der Waals surface area (Å²) in [5.74, 6) is -5.12. The molecule has 2 aromatic carbocycles. The molecule has 6 nitrogen and oxygen atoms in total. The van der Waals surface area contributed by atoms with Gasteiger partial charge in [0.05, 0.1) is 6.61 Å². The molecule has 0 radical (unpaired) electrons. The minimum atomic E-state index is -5.23. The van der Waals surface area contributed by atoms with Crippen molar-refractivity contribution >= 4 is 11.9 Å². The normalized spacial score (nSPS) is 17.6. The van der Waals surface area contributed by atoms with Crippen molar-refractivity contribution in [2.24, 2.45) is 11.8 Å². The van der Waals surface area contributed by atoms with E-state index >= 15 is 0 Å². The first-order valence-corrected chi connectivity index (χ1v) is 12.4. The summed E-state index contributed by atoms with van der Waals surface area (Å²) in [6, 6.07) is 12.3. The molecule has 2 aromatic rings. The minimum absolute atomic E-state index is 0.322. The summed E-state index contributed by atoms with van der Waals surface area (Å²) in [4.78, 5) is 26.1. The molecule has 0 bridgehead atoms. The van der Waals surface area contributed by atoms with E-state index < -0.39 is 71.2 Å². The summed E-state index contributed by atoms with van der Waals surface area (Å²) in [6.07, 6.45) is -11.4. The smallest absolute Gasteiger partial charge is 0.432 e. The third-order valence-corrected chi connectivity index (χ3v) is 6.83. The maximum atomic E-state index is 14.3. The largest absolute Gasteiger partial charge is 0.463 e. The zero-order chi connectivity index (χ0) is 30.4. The van der Waals surface area contributed by atoms with Crippen LogP contribution >= 0.6 is 0 Å². The van der Waals surface area contributed by atoms with Gasteiger partial charge in [0, 0.05) is 31.3 Å². The van der Waals surface area contributed by atoms with Crippen molar-refractivity contribution in [1.29, 1.82) is 0 Å². The van der Waals surface area contributed by atoms with Gasteiger partial charge in [0.2, 0.25) is 0 Å². The van der Waals surface area contributed by atoms with Gasteiger partial charge < -0.3 is 18.9 Å². The van der Waals surface area contributed by atoms with E-state index in [0.717, 1.165) is 31.4 Å². The molecule has 5 atom stereocenters. The Morgan fingerprint density at radius 3 is 1.45 bits per heavy atom. The van der Waals surface area contributed by atoms with Gasteiger partial charge in [-0.05, 0) is 5.92 Å². The summed E-state index contributed by atoms with van der Waals surface area (Å²) in [5, 5.41) is 0. The van der Waals surface area contributed by atoms with E-state index in [-0.39, 0.29) is 0 Å². The van der Waals surface area contributed by atoms with E-state index in [9.17, 15) is 35.9 Å². The lowest BCUT2D eigenvalue weighted by Gasteiger charge is -2.37. The Balaban J connectivity index is 2.38. The molecule has 0 aliphatic heterocycles. The standard InChI is InChI=1S/C28H32F6O6/c1-6-18(2)22(40-24(36)26(38-5,28(32,33)34)21-15-11-8-12-16-21)19(3)17-39-23(35)25(37-4,27(29,30)31)20-13-9-7-10-14-20/h7-16,18-19,22H,6,17H2,1-5H3/t18-,19-,22-,25+,26+/m0/s1. The SMILES string of the molecule is CC[C@H](C)[C@H](OC(=O)[C@](OC)(c1ccccc1)C(F)(F)F)[C@@H](C)COC(=O)[C@](OC)(c1ccccc1)C(F)(F)F. The van der Waals surface area contributed by atoms with Gasteiger partial charge in [0.15, 0.2) is 0 Å². The highest BCUT2D eigenvalue weighted by molar-refractivity contribution is 5.83. The molecule has 0 aromatic heterocycles. The quantitative estimate of drug-likeness (QED) is 0.217. The lowest BCUT2D eigenvalue weighted by atomic mass is 9.89. The predicted molar refractivity (Wildman–Crippen MR) is 132 cm³/mol.